The van der Waals surface area contributed by atoms with E-state index in [1.807, 2.05) is 20.8 Å². The van der Waals surface area contributed by atoms with E-state index in [1.165, 1.54) is 42.5 Å². The van der Waals surface area contributed by atoms with Crippen molar-refractivity contribution in [3.8, 4) is 0 Å². The van der Waals surface area contributed by atoms with Crippen LogP contribution >= 0.6 is 0 Å². The molecular formula is C19H23FN2O3S. The van der Waals surface area contributed by atoms with Gasteiger partial charge in [-0.25, -0.2) is 12.8 Å². The van der Waals surface area contributed by atoms with Crippen molar-refractivity contribution in [2.45, 2.75) is 38.1 Å². The minimum atomic E-state index is -4.01. The number of rotatable bonds is 7. The normalized spacial score (nSPS) is 12.7. The van der Waals surface area contributed by atoms with Gasteiger partial charge in [-0.05, 0) is 42.7 Å². The number of halogens is 1. The third kappa shape index (κ3) is 4.82. The van der Waals surface area contributed by atoms with Gasteiger partial charge in [0.05, 0.1) is 10.6 Å². The summed E-state index contributed by atoms with van der Waals surface area (Å²) in [6, 6.07) is 11.2. The van der Waals surface area contributed by atoms with Crippen LogP contribution in [-0.4, -0.2) is 20.4 Å². The summed E-state index contributed by atoms with van der Waals surface area (Å²) in [5.74, 6) is -0.750. The Hall–Kier alpha value is -2.41. The number of nitrogens with one attached hydrogen (secondary N) is 2. The van der Waals surface area contributed by atoms with Gasteiger partial charge in [-0.15, -0.1) is 0 Å². The maximum Gasteiger partial charge on any atom is 0.262 e. The number of anilines is 1. The van der Waals surface area contributed by atoms with Gasteiger partial charge in [0, 0.05) is 11.6 Å². The monoisotopic (exact) mass is 378 g/mol. The first-order chi connectivity index (χ1) is 12.2. The zero-order valence-electron chi connectivity index (χ0n) is 15.0. The van der Waals surface area contributed by atoms with Gasteiger partial charge in [-0.2, -0.15) is 0 Å². The summed E-state index contributed by atoms with van der Waals surface area (Å²) in [5.41, 5.74) is 0.0914. The van der Waals surface area contributed by atoms with Gasteiger partial charge in [-0.3, -0.25) is 9.52 Å². The fourth-order valence-electron chi connectivity index (χ4n) is 2.54. The molecule has 0 aliphatic heterocycles. The highest BCUT2D eigenvalue weighted by atomic mass is 32.2. The number of benzene rings is 2. The third-order valence-electron chi connectivity index (χ3n) is 4.09. The second-order valence-electron chi connectivity index (χ2n) is 6.35. The van der Waals surface area contributed by atoms with Crippen LogP contribution in [0.25, 0.3) is 0 Å². The summed E-state index contributed by atoms with van der Waals surface area (Å²) < 4.78 is 40.9. The molecule has 1 amide bonds. The topological polar surface area (TPSA) is 75.3 Å². The van der Waals surface area contributed by atoms with Crippen molar-refractivity contribution in [1.29, 1.82) is 0 Å². The van der Waals surface area contributed by atoms with E-state index in [0.29, 0.717) is 0 Å². The van der Waals surface area contributed by atoms with Crippen LogP contribution in [0.15, 0.2) is 53.4 Å². The maximum atomic E-state index is 13.7. The lowest BCUT2D eigenvalue weighted by atomic mass is 10.0. The van der Waals surface area contributed by atoms with E-state index in [9.17, 15) is 17.6 Å². The number of para-hydroxylation sites is 1. The van der Waals surface area contributed by atoms with Gasteiger partial charge in [0.1, 0.15) is 5.82 Å². The van der Waals surface area contributed by atoms with Crippen LogP contribution in [0, 0.1) is 11.7 Å². The van der Waals surface area contributed by atoms with Crippen LogP contribution in [0.2, 0.25) is 0 Å². The molecule has 140 valence electrons. The first kappa shape index (κ1) is 19.9. The number of hydrogen-bond donors (Lipinski definition) is 2. The van der Waals surface area contributed by atoms with Gasteiger partial charge in [0.15, 0.2) is 0 Å². The molecule has 0 aromatic heterocycles. The molecule has 2 rings (SSSR count). The quantitative estimate of drug-likeness (QED) is 0.770. The number of hydrogen-bond acceptors (Lipinski definition) is 3. The highest BCUT2D eigenvalue weighted by Crippen LogP contribution is 2.20. The zero-order chi connectivity index (χ0) is 19.3. The van der Waals surface area contributed by atoms with Gasteiger partial charge < -0.3 is 5.32 Å². The largest absolute Gasteiger partial charge is 0.349 e. The molecule has 1 atom stereocenters. The van der Waals surface area contributed by atoms with Crippen molar-refractivity contribution in [2.24, 2.45) is 5.92 Å². The van der Waals surface area contributed by atoms with Gasteiger partial charge in [-0.1, -0.05) is 39.0 Å². The fourth-order valence-corrected chi connectivity index (χ4v) is 3.66. The Balaban J connectivity index is 2.25. The maximum absolute atomic E-state index is 13.7. The first-order valence-electron chi connectivity index (χ1n) is 8.43. The molecule has 0 radical (unpaired) electrons. The van der Waals surface area contributed by atoms with E-state index < -0.39 is 15.8 Å². The van der Waals surface area contributed by atoms with Gasteiger partial charge in [0.2, 0.25) is 0 Å². The van der Waals surface area contributed by atoms with E-state index in [1.54, 1.807) is 6.07 Å². The Bertz CT molecular complexity index is 882. The summed E-state index contributed by atoms with van der Waals surface area (Å²) in [6.07, 6.45) is 0.774. The van der Waals surface area contributed by atoms with E-state index in [-0.39, 0.29) is 34.0 Å². The molecule has 1 unspecified atom stereocenters. The predicted molar refractivity (Wildman–Crippen MR) is 100 cm³/mol. The average molecular weight is 378 g/mol. The van der Waals surface area contributed by atoms with E-state index in [0.717, 1.165) is 6.42 Å². The lowest BCUT2D eigenvalue weighted by Crippen LogP contribution is -2.38. The van der Waals surface area contributed by atoms with Crippen molar-refractivity contribution < 1.29 is 17.6 Å². The molecular weight excluding hydrogens is 355 g/mol. The van der Waals surface area contributed by atoms with Crippen molar-refractivity contribution in [3.05, 3.63) is 59.9 Å². The lowest BCUT2D eigenvalue weighted by Gasteiger charge is -2.20. The second-order valence-corrected chi connectivity index (χ2v) is 8.03. The second kappa shape index (κ2) is 8.31. The molecule has 5 nitrogen and oxygen atoms in total. The number of sulfonamides is 1. The fraction of sp³-hybridized carbons (Fsp3) is 0.316. The molecule has 26 heavy (non-hydrogen) atoms. The summed E-state index contributed by atoms with van der Waals surface area (Å²) in [6.45, 7) is 5.99. The summed E-state index contributed by atoms with van der Waals surface area (Å²) in [7, 11) is -4.01. The SMILES string of the molecule is CCC(NC(=O)c1cccc(S(=O)(=O)Nc2ccccc2F)c1)C(C)C. The van der Waals surface area contributed by atoms with Crippen LogP contribution in [0.3, 0.4) is 0 Å². The standard InChI is InChI=1S/C19H23FN2O3S/c1-4-17(13(2)3)21-19(23)14-8-7-9-15(12-14)26(24,25)22-18-11-6-5-10-16(18)20/h5-13,17,22H,4H2,1-3H3,(H,21,23). The Morgan fingerprint density at radius 3 is 2.42 bits per heavy atom. The number of amides is 1. The molecule has 2 aromatic rings. The first-order valence-corrected chi connectivity index (χ1v) is 9.91. The molecule has 0 bridgehead atoms. The summed E-state index contributed by atoms with van der Waals surface area (Å²) in [4.78, 5) is 12.3. The third-order valence-corrected chi connectivity index (χ3v) is 5.45. The molecule has 0 fully saturated rings. The van der Waals surface area contributed by atoms with Crippen LogP contribution in [0.4, 0.5) is 10.1 Å². The number of carbonyl (C=O) groups is 1. The number of carbonyl (C=O) groups excluding carboxylic acids is 1. The molecule has 0 saturated carbocycles. The van der Waals surface area contributed by atoms with E-state index in [4.69, 9.17) is 0 Å². The van der Waals surface area contributed by atoms with Crippen molar-refractivity contribution in [3.63, 3.8) is 0 Å². The van der Waals surface area contributed by atoms with Crippen LogP contribution < -0.4 is 10.0 Å². The van der Waals surface area contributed by atoms with Gasteiger partial charge >= 0.3 is 0 Å². The van der Waals surface area contributed by atoms with Crippen molar-refractivity contribution in [1.82, 2.24) is 5.32 Å². The minimum absolute atomic E-state index is 0.000645. The lowest BCUT2D eigenvalue weighted by molar-refractivity contribution is 0.0924. The Morgan fingerprint density at radius 2 is 1.81 bits per heavy atom. The molecule has 0 saturated heterocycles. The highest BCUT2D eigenvalue weighted by molar-refractivity contribution is 7.92. The summed E-state index contributed by atoms with van der Waals surface area (Å²) >= 11 is 0. The van der Waals surface area contributed by atoms with E-state index in [2.05, 4.69) is 10.0 Å². The Kier molecular flexibility index (Phi) is 6.37. The summed E-state index contributed by atoms with van der Waals surface area (Å²) in [5, 5.41) is 2.91. The molecule has 2 aromatic carbocycles. The predicted octanol–water partition coefficient (Wildman–Crippen LogP) is 3.79. The van der Waals surface area contributed by atoms with Crippen molar-refractivity contribution >= 4 is 21.6 Å². The van der Waals surface area contributed by atoms with Crippen LogP contribution in [0.1, 0.15) is 37.6 Å². The van der Waals surface area contributed by atoms with Crippen LogP contribution in [-0.2, 0) is 10.0 Å². The average Bonchev–Trinajstić information content (AvgIpc) is 2.61. The van der Waals surface area contributed by atoms with Crippen molar-refractivity contribution in [2.75, 3.05) is 4.72 Å². The smallest absolute Gasteiger partial charge is 0.262 e. The molecule has 7 heteroatoms. The molecule has 2 N–H and O–H groups in total. The Labute approximate surface area is 153 Å². The molecule has 0 spiro atoms. The zero-order valence-corrected chi connectivity index (χ0v) is 15.8. The van der Waals surface area contributed by atoms with Gasteiger partial charge in [0.25, 0.3) is 15.9 Å². The highest BCUT2D eigenvalue weighted by Gasteiger charge is 2.20. The molecule has 0 aliphatic rings. The Morgan fingerprint density at radius 1 is 1.12 bits per heavy atom. The molecule has 0 heterocycles. The molecule has 0 aliphatic carbocycles. The minimum Gasteiger partial charge on any atom is -0.349 e. The van der Waals surface area contributed by atoms with Crippen LogP contribution in [0.5, 0.6) is 0 Å². The van der Waals surface area contributed by atoms with E-state index >= 15 is 0 Å².